The summed E-state index contributed by atoms with van der Waals surface area (Å²) in [6.07, 6.45) is 0.760. The number of thioether (sulfide) groups is 1. The Labute approximate surface area is 201 Å². The largest absolute Gasteiger partial charge is 0.319 e. The number of nitrogens with zero attached hydrogens (tertiary/aromatic N) is 4. The summed E-state index contributed by atoms with van der Waals surface area (Å²) in [6.45, 7) is 6.03. The van der Waals surface area contributed by atoms with Crippen molar-refractivity contribution in [2.45, 2.75) is 44.1 Å². The molecule has 0 bridgehead atoms. The molecule has 2 aromatic carbocycles. The number of carbonyl (C=O) groups is 1. The van der Waals surface area contributed by atoms with Crippen LogP contribution in [-0.4, -0.2) is 30.1 Å². The molecule has 1 atom stereocenters. The maximum absolute atomic E-state index is 13.1. The first-order valence-electron chi connectivity index (χ1n) is 11.1. The third-order valence-corrected chi connectivity index (χ3v) is 6.82. The van der Waals surface area contributed by atoms with Crippen molar-refractivity contribution in [1.29, 1.82) is 0 Å². The average Bonchev–Trinajstić information content (AvgIpc) is 3.05. The Kier molecular flexibility index (Phi) is 6.74. The average molecular weight is 478 g/mol. The van der Waals surface area contributed by atoms with Crippen molar-refractivity contribution < 1.29 is 4.79 Å². The molecule has 0 aliphatic rings. The molecular formula is C25H27N5O3S. The van der Waals surface area contributed by atoms with E-state index < -0.39 is 5.25 Å². The monoisotopic (exact) mass is 477 g/mol. The third-order valence-electron chi connectivity index (χ3n) is 5.73. The summed E-state index contributed by atoms with van der Waals surface area (Å²) in [5.41, 5.74) is 1.77. The predicted molar refractivity (Wildman–Crippen MR) is 136 cm³/mol. The Balaban J connectivity index is 1.63. The Hall–Kier alpha value is -3.59. The van der Waals surface area contributed by atoms with Crippen molar-refractivity contribution in [3.8, 4) is 5.69 Å². The van der Waals surface area contributed by atoms with E-state index in [2.05, 4.69) is 10.3 Å². The molecular weight excluding hydrogens is 450 g/mol. The van der Waals surface area contributed by atoms with Gasteiger partial charge in [-0.3, -0.25) is 23.6 Å². The Morgan fingerprint density at radius 2 is 1.74 bits per heavy atom. The van der Waals surface area contributed by atoms with Gasteiger partial charge in [0.1, 0.15) is 5.69 Å². The topological polar surface area (TPSA) is 90.9 Å². The van der Waals surface area contributed by atoms with Crippen LogP contribution >= 0.6 is 11.8 Å². The SMILES string of the molecule is CCCn1c(SC(C)C(=O)Nc2c(C)n(C)n(-c3ccccc3)c2=O)nc2ccccc2c1=O. The fourth-order valence-corrected chi connectivity index (χ4v) is 4.74. The molecule has 0 radical (unpaired) electrons. The summed E-state index contributed by atoms with van der Waals surface area (Å²) in [4.78, 5) is 43.9. The zero-order valence-electron chi connectivity index (χ0n) is 19.6. The molecule has 1 unspecified atom stereocenters. The van der Waals surface area contributed by atoms with Gasteiger partial charge in [0, 0.05) is 13.6 Å². The smallest absolute Gasteiger partial charge is 0.295 e. The number of carbonyl (C=O) groups excluding carboxylic acids is 1. The van der Waals surface area contributed by atoms with Gasteiger partial charge in [0.25, 0.3) is 11.1 Å². The number of para-hydroxylation sites is 2. The number of hydrogen-bond acceptors (Lipinski definition) is 5. The molecule has 0 saturated heterocycles. The second-order valence-electron chi connectivity index (χ2n) is 8.05. The highest BCUT2D eigenvalue weighted by atomic mass is 32.2. The van der Waals surface area contributed by atoms with Crippen molar-refractivity contribution >= 4 is 34.3 Å². The zero-order valence-corrected chi connectivity index (χ0v) is 20.4. The quantitative estimate of drug-likeness (QED) is 0.324. The molecule has 0 fully saturated rings. The minimum absolute atomic E-state index is 0.118. The van der Waals surface area contributed by atoms with Gasteiger partial charge in [-0.2, -0.15) is 0 Å². The summed E-state index contributed by atoms with van der Waals surface area (Å²) in [7, 11) is 1.78. The first-order chi connectivity index (χ1) is 16.3. The second kappa shape index (κ2) is 9.72. The maximum Gasteiger partial charge on any atom is 0.295 e. The van der Waals surface area contributed by atoms with Crippen molar-refractivity contribution in [2.24, 2.45) is 7.05 Å². The third kappa shape index (κ3) is 4.31. The first-order valence-corrected chi connectivity index (χ1v) is 12.0. The van der Waals surface area contributed by atoms with Gasteiger partial charge in [0.2, 0.25) is 5.91 Å². The lowest BCUT2D eigenvalue weighted by Crippen LogP contribution is -2.29. The summed E-state index contributed by atoms with van der Waals surface area (Å²) < 4.78 is 4.86. The number of benzene rings is 2. The minimum Gasteiger partial charge on any atom is -0.319 e. The van der Waals surface area contributed by atoms with Crippen LogP contribution in [0, 0.1) is 6.92 Å². The van der Waals surface area contributed by atoms with Gasteiger partial charge in [-0.1, -0.05) is 49.0 Å². The highest BCUT2D eigenvalue weighted by molar-refractivity contribution is 8.00. The number of amides is 1. The molecule has 0 saturated carbocycles. The highest BCUT2D eigenvalue weighted by Gasteiger charge is 2.23. The van der Waals surface area contributed by atoms with E-state index in [0.717, 1.165) is 6.42 Å². The summed E-state index contributed by atoms with van der Waals surface area (Å²) in [5, 5.41) is 3.26. The van der Waals surface area contributed by atoms with Gasteiger partial charge in [0.05, 0.1) is 27.5 Å². The molecule has 2 aromatic heterocycles. The van der Waals surface area contributed by atoms with Crippen LogP contribution in [0.25, 0.3) is 16.6 Å². The van der Waals surface area contributed by atoms with Crippen LogP contribution in [0.1, 0.15) is 26.0 Å². The number of hydrogen-bond donors (Lipinski definition) is 1. The molecule has 8 nitrogen and oxygen atoms in total. The van der Waals surface area contributed by atoms with E-state index in [1.807, 2.05) is 49.4 Å². The zero-order chi connectivity index (χ0) is 24.4. The number of nitrogens with one attached hydrogen (secondary N) is 1. The van der Waals surface area contributed by atoms with Crippen molar-refractivity contribution in [3.63, 3.8) is 0 Å². The molecule has 4 aromatic rings. The number of aromatic nitrogens is 4. The Morgan fingerprint density at radius 3 is 2.44 bits per heavy atom. The molecule has 9 heteroatoms. The molecule has 1 amide bonds. The van der Waals surface area contributed by atoms with Crippen molar-refractivity contribution in [1.82, 2.24) is 18.9 Å². The molecule has 0 aliphatic carbocycles. The molecule has 34 heavy (non-hydrogen) atoms. The first kappa shape index (κ1) is 23.6. The van der Waals surface area contributed by atoms with Gasteiger partial charge in [-0.25, -0.2) is 9.67 Å². The second-order valence-corrected chi connectivity index (χ2v) is 9.36. The van der Waals surface area contributed by atoms with Crippen LogP contribution < -0.4 is 16.4 Å². The van der Waals surface area contributed by atoms with Crippen LogP contribution in [0.5, 0.6) is 0 Å². The fraction of sp³-hybridized carbons (Fsp3) is 0.280. The molecule has 4 rings (SSSR count). The maximum atomic E-state index is 13.1. The lowest BCUT2D eigenvalue weighted by Gasteiger charge is -2.15. The number of rotatable bonds is 7. The fourth-order valence-electron chi connectivity index (χ4n) is 3.81. The molecule has 2 heterocycles. The Bertz CT molecular complexity index is 1470. The summed E-state index contributed by atoms with van der Waals surface area (Å²) in [6, 6.07) is 16.5. The van der Waals surface area contributed by atoms with Gasteiger partial charge >= 0.3 is 0 Å². The normalized spacial score (nSPS) is 12.1. The van der Waals surface area contributed by atoms with E-state index in [4.69, 9.17) is 0 Å². The number of anilines is 1. The van der Waals surface area contributed by atoms with Crippen LogP contribution in [0.3, 0.4) is 0 Å². The van der Waals surface area contributed by atoms with E-state index in [1.165, 1.54) is 16.4 Å². The molecule has 176 valence electrons. The van der Waals surface area contributed by atoms with E-state index in [-0.39, 0.29) is 22.7 Å². The molecule has 0 spiro atoms. The van der Waals surface area contributed by atoms with Gasteiger partial charge in [-0.05, 0) is 44.5 Å². The van der Waals surface area contributed by atoms with E-state index in [9.17, 15) is 14.4 Å². The lowest BCUT2D eigenvalue weighted by molar-refractivity contribution is -0.115. The standard InChI is InChI=1S/C25H27N5O3S/c1-5-15-29-23(32)19-13-9-10-14-20(19)26-25(29)34-17(3)22(31)27-21-16(2)28(4)30(24(21)33)18-11-7-6-8-12-18/h6-14,17H,5,15H2,1-4H3,(H,27,31). The van der Waals surface area contributed by atoms with Gasteiger partial charge < -0.3 is 5.32 Å². The summed E-state index contributed by atoms with van der Waals surface area (Å²) >= 11 is 1.21. The van der Waals surface area contributed by atoms with Crippen LogP contribution in [0.4, 0.5) is 5.69 Å². The number of fused-ring (bicyclic) bond motifs is 1. The van der Waals surface area contributed by atoms with Gasteiger partial charge in [0.15, 0.2) is 5.16 Å². The molecule has 1 N–H and O–H groups in total. The highest BCUT2D eigenvalue weighted by Crippen LogP contribution is 2.24. The van der Waals surface area contributed by atoms with E-state index in [0.29, 0.717) is 34.0 Å². The minimum atomic E-state index is -0.583. The van der Waals surface area contributed by atoms with Crippen molar-refractivity contribution in [2.75, 3.05) is 5.32 Å². The van der Waals surface area contributed by atoms with Crippen molar-refractivity contribution in [3.05, 3.63) is 81.0 Å². The predicted octanol–water partition coefficient (Wildman–Crippen LogP) is 3.72. The summed E-state index contributed by atoms with van der Waals surface area (Å²) in [5.74, 6) is -0.332. The van der Waals surface area contributed by atoms with Gasteiger partial charge in [-0.15, -0.1) is 0 Å². The van der Waals surface area contributed by atoms with E-state index in [1.54, 1.807) is 42.3 Å². The van der Waals surface area contributed by atoms with E-state index >= 15 is 0 Å². The van der Waals surface area contributed by atoms with Crippen LogP contribution in [0.2, 0.25) is 0 Å². The Morgan fingerprint density at radius 1 is 1.06 bits per heavy atom. The molecule has 0 aliphatic heterocycles. The van der Waals surface area contributed by atoms with Crippen LogP contribution in [-0.2, 0) is 18.4 Å². The lowest BCUT2D eigenvalue weighted by atomic mass is 10.2. The van der Waals surface area contributed by atoms with Crippen LogP contribution in [0.15, 0.2) is 69.3 Å².